The number of pyridine rings is 1. The first-order valence-electron chi connectivity index (χ1n) is 6.08. The first kappa shape index (κ1) is 12.4. The Morgan fingerprint density at radius 1 is 1.39 bits per heavy atom. The highest BCUT2D eigenvalue weighted by Gasteiger charge is 2.39. The summed E-state index contributed by atoms with van der Waals surface area (Å²) in [6.07, 6.45) is 6.90. The number of nitriles is 1. The number of rotatable bonds is 2. The van der Waals surface area contributed by atoms with Gasteiger partial charge in [0.15, 0.2) is 0 Å². The summed E-state index contributed by atoms with van der Waals surface area (Å²) in [6, 6.07) is 3.48. The predicted molar refractivity (Wildman–Crippen MR) is 66.8 cm³/mol. The smallest absolute Gasteiger partial charge is 0.244 e. The zero-order valence-electron chi connectivity index (χ0n) is 10.0. The van der Waals surface area contributed by atoms with Crippen LogP contribution >= 0.6 is 0 Å². The lowest BCUT2D eigenvalue weighted by Gasteiger charge is -2.28. The van der Waals surface area contributed by atoms with Crippen molar-refractivity contribution in [2.75, 3.05) is 5.32 Å². The van der Waals surface area contributed by atoms with Crippen molar-refractivity contribution in [1.29, 1.82) is 5.26 Å². The second kappa shape index (κ2) is 5.05. The van der Waals surface area contributed by atoms with Gasteiger partial charge in [0.25, 0.3) is 0 Å². The van der Waals surface area contributed by atoms with Crippen LogP contribution in [-0.2, 0) is 4.79 Å². The van der Waals surface area contributed by atoms with Crippen LogP contribution in [0.3, 0.4) is 0 Å². The first-order chi connectivity index (χ1) is 8.68. The number of nitrogens with one attached hydrogen (secondary N) is 2. The molecule has 1 heterocycles. The third-order valence-corrected chi connectivity index (χ3v) is 3.43. The molecular formula is C13H15N3O2. The highest BCUT2D eigenvalue weighted by atomic mass is 16.2. The Kier molecular flexibility index (Phi) is 3.47. The predicted octanol–water partition coefficient (Wildman–Crippen LogP) is 1.79. The van der Waals surface area contributed by atoms with Crippen molar-refractivity contribution in [3.63, 3.8) is 0 Å². The fourth-order valence-electron chi connectivity index (χ4n) is 2.30. The molecule has 5 nitrogen and oxygen atoms in total. The van der Waals surface area contributed by atoms with Crippen molar-refractivity contribution < 1.29 is 4.79 Å². The molecule has 0 unspecified atom stereocenters. The SMILES string of the molecule is N#CC1(C(=O)Nc2c[nH]ccc2=O)CCCCC1. The van der Waals surface area contributed by atoms with Crippen LogP contribution in [0, 0.1) is 16.7 Å². The quantitative estimate of drug-likeness (QED) is 0.832. The Balaban J connectivity index is 2.19. The van der Waals surface area contributed by atoms with Gasteiger partial charge in [-0.1, -0.05) is 19.3 Å². The van der Waals surface area contributed by atoms with Gasteiger partial charge >= 0.3 is 0 Å². The standard InChI is InChI=1S/C13H15N3O2/c14-9-13(5-2-1-3-6-13)12(18)16-10-8-15-7-4-11(10)17/h4,7-8H,1-3,5-6H2,(H,15,17)(H,16,18). The summed E-state index contributed by atoms with van der Waals surface area (Å²) in [5, 5.41) is 11.8. The number of aromatic amines is 1. The second-order valence-electron chi connectivity index (χ2n) is 4.63. The fourth-order valence-corrected chi connectivity index (χ4v) is 2.30. The van der Waals surface area contributed by atoms with Gasteiger partial charge in [-0.25, -0.2) is 0 Å². The largest absolute Gasteiger partial charge is 0.366 e. The van der Waals surface area contributed by atoms with E-state index < -0.39 is 5.41 Å². The van der Waals surface area contributed by atoms with E-state index in [1.807, 2.05) is 0 Å². The molecule has 2 rings (SSSR count). The summed E-state index contributed by atoms with van der Waals surface area (Å²) >= 11 is 0. The van der Waals surface area contributed by atoms with Crippen LogP contribution in [0.25, 0.3) is 0 Å². The summed E-state index contributed by atoms with van der Waals surface area (Å²) in [4.78, 5) is 26.4. The van der Waals surface area contributed by atoms with Gasteiger partial charge in [-0.2, -0.15) is 5.26 Å². The van der Waals surface area contributed by atoms with Crippen molar-refractivity contribution in [2.24, 2.45) is 5.41 Å². The van der Waals surface area contributed by atoms with Crippen LogP contribution in [0.1, 0.15) is 32.1 Å². The Bertz CT molecular complexity index is 536. The van der Waals surface area contributed by atoms with E-state index in [1.165, 1.54) is 18.5 Å². The van der Waals surface area contributed by atoms with E-state index in [4.69, 9.17) is 0 Å². The van der Waals surface area contributed by atoms with Crippen molar-refractivity contribution in [1.82, 2.24) is 4.98 Å². The highest BCUT2D eigenvalue weighted by molar-refractivity contribution is 5.97. The molecule has 0 spiro atoms. The Morgan fingerprint density at radius 3 is 2.72 bits per heavy atom. The molecular weight excluding hydrogens is 230 g/mol. The minimum atomic E-state index is -0.972. The van der Waals surface area contributed by atoms with E-state index in [0.29, 0.717) is 12.8 Å². The highest BCUT2D eigenvalue weighted by Crippen LogP contribution is 2.36. The molecule has 1 aromatic rings. The zero-order chi connectivity index (χ0) is 13.0. The summed E-state index contributed by atoms with van der Waals surface area (Å²) < 4.78 is 0. The topological polar surface area (TPSA) is 85.8 Å². The molecule has 0 atom stereocenters. The van der Waals surface area contributed by atoms with Gasteiger partial charge in [0.1, 0.15) is 11.1 Å². The van der Waals surface area contributed by atoms with Gasteiger partial charge in [0.2, 0.25) is 11.3 Å². The molecule has 1 aliphatic rings. The minimum Gasteiger partial charge on any atom is -0.366 e. The van der Waals surface area contributed by atoms with Crippen molar-refractivity contribution in [3.8, 4) is 6.07 Å². The van der Waals surface area contributed by atoms with Gasteiger partial charge < -0.3 is 10.3 Å². The number of H-pyrrole nitrogens is 1. The molecule has 0 aliphatic heterocycles. The number of anilines is 1. The van der Waals surface area contributed by atoms with Crippen molar-refractivity contribution in [2.45, 2.75) is 32.1 Å². The summed E-state index contributed by atoms with van der Waals surface area (Å²) in [6.45, 7) is 0. The molecule has 0 radical (unpaired) electrons. The van der Waals surface area contributed by atoms with Gasteiger partial charge in [-0.05, 0) is 12.8 Å². The molecule has 2 N–H and O–H groups in total. The molecule has 1 aliphatic carbocycles. The molecule has 1 amide bonds. The molecule has 1 saturated carbocycles. The normalized spacial score (nSPS) is 17.7. The summed E-state index contributed by atoms with van der Waals surface area (Å²) in [5.41, 5.74) is -1.03. The second-order valence-corrected chi connectivity index (χ2v) is 4.63. The Labute approximate surface area is 105 Å². The molecule has 0 aromatic carbocycles. The number of aromatic nitrogens is 1. The average Bonchev–Trinajstić information content (AvgIpc) is 2.42. The molecule has 1 aromatic heterocycles. The Morgan fingerprint density at radius 2 is 2.11 bits per heavy atom. The van der Waals surface area contributed by atoms with Crippen LogP contribution in [0.2, 0.25) is 0 Å². The third kappa shape index (κ3) is 2.28. The number of amides is 1. The maximum absolute atomic E-state index is 12.2. The number of carbonyl (C=O) groups excluding carboxylic acids is 1. The lowest BCUT2D eigenvalue weighted by atomic mass is 9.74. The van der Waals surface area contributed by atoms with Crippen LogP contribution in [0.5, 0.6) is 0 Å². The maximum Gasteiger partial charge on any atom is 0.244 e. The van der Waals surface area contributed by atoms with Crippen LogP contribution in [0.4, 0.5) is 5.69 Å². The lowest BCUT2D eigenvalue weighted by molar-refractivity contribution is -0.124. The first-order valence-corrected chi connectivity index (χ1v) is 6.08. The average molecular weight is 245 g/mol. The van der Waals surface area contributed by atoms with Crippen LogP contribution < -0.4 is 10.7 Å². The van der Waals surface area contributed by atoms with E-state index >= 15 is 0 Å². The number of hydrogen-bond donors (Lipinski definition) is 2. The number of nitrogens with zero attached hydrogens (tertiary/aromatic N) is 1. The van der Waals surface area contributed by atoms with Crippen molar-refractivity contribution >= 4 is 11.6 Å². The van der Waals surface area contributed by atoms with E-state index in [-0.39, 0.29) is 17.0 Å². The van der Waals surface area contributed by atoms with E-state index in [1.54, 1.807) is 0 Å². The van der Waals surface area contributed by atoms with Gasteiger partial charge in [0, 0.05) is 18.5 Å². The van der Waals surface area contributed by atoms with Crippen LogP contribution in [0.15, 0.2) is 23.3 Å². The fraction of sp³-hybridized carbons (Fsp3) is 0.462. The number of carbonyl (C=O) groups is 1. The summed E-state index contributed by atoms with van der Waals surface area (Å²) in [7, 11) is 0. The molecule has 5 heteroatoms. The minimum absolute atomic E-state index is 0.197. The zero-order valence-corrected chi connectivity index (χ0v) is 10.0. The monoisotopic (exact) mass is 245 g/mol. The molecule has 1 fully saturated rings. The molecule has 18 heavy (non-hydrogen) atoms. The van der Waals surface area contributed by atoms with E-state index in [0.717, 1.165) is 19.3 Å². The lowest BCUT2D eigenvalue weighted by Crippen LogP contribution is -2.37. The third-order valence-electron chi connectivity index (χ3n) is 3.43. The molecule has 0 bridgehead atoms. The van der Waals surface area contributed by atoms with Crippen molar-refractivity contribution in [3.05, 3.63) is 28.7 Å². The van der Waals surface area contributed by atoms with E-state index in [2.05, 4.69) is 16.4 Å². The summed E-state index contributed by atoms with van der Waals surface area (Å²) in [5.74, 6) is -0.360. The van der Waals surface area contributed by atoms with Crippen LogP contribution in [-0.4, -0.2) is 10.9 Å². The van der Waals surface area contributed by atoms with Gasteiger partial charge in [-0.15, -0.1) is 0 Å². The van der Waals surface area contributed by atoms with Gasteiger partial charge in [-0.3, -0.25) is 9.59 Å². The number of hydrogen-bond acceptors (Lipinski definition) is 3. The molecule has 0 saturated heterocycles. The maximum atomic E-state index is 12.2. The van der Waals surface area contributed by atoms with Gasteiger partial charge in [0.05, 0.1) is 6.07 Å². The Hall–Kier alpha value is -2.09. The molecule has 94 valence electrons. The van der Waals surface area contributed by atoms with E-state index in [9.17, 15) is 14.9 Å².